The molecule has 3 amide bonds. The number of nitrogens with zero attached hydrogens (tertiary/aromatic N) is 1. The van der Waals surface area contributed by atoms with Crippen molar-refractivity contribution in [2.24, 2.45) is 11.8 Å². The minimum Gasteiger partial charge on any atom is -0.273 e. The van der Waals surface area contributed by atoms with Gasteiger partial charge < -0.3 is 0 Å². The molecule has 170 valence electrons. The number of imide groups is 1. The van der Waals surface area contributed by atoms with Gasteiger partial charge in [0.1, 0.15) is 0 Å². The second-order valence-electron chi connectivity index (χ2n) is 9.63. The van der Waals surface area contributed by atoms with Gasteiger partial charge in [0.2, 0.25) is 5.91 Å². The fraction of sp³-hybridized carbons (Fsp3) is 0.167. The molecule has 0 unspecified atom stereocenters. The molecule has 1 heterocycles. The van der Waals surface area contributed by atoms with Crippen molar-refractivity contribution in [3.05, 3.63) is 119 Å². The number of hydrogen-bond acceptors (Lipinski definition) is 3. The Morgan fingerprint density at radius 2 is 1.14 bits per heavy atom. The van der Waals surface area contributed by atoms with E-state index >= 15 is 0 Å². The van der Waals surface area contributed by atoms with Crippen LogP contribution in [0.5, 0.6) is 0 Å². The van der Waals surface area contributed by atoms with E-state index in [1.807, 2.05) is 66.7 Å². The molecule has 0 radical (unpaired) electrons. The van der Waals surface area contributed by atoms with Gasteiger partial charge >= 0.3 is 0 Å². The topological polar surface area (TPSA) is 66.5 Å². The lowest BCUT2D eigenvalue weighted by Gasteiger charge is -2.45. The molecular formula is C30H22N2O3. The van der Waals surface area contributed by atoms with Crippen LogP contribution < -0.4 is 5.43 Å². The Kier molecular flexibility index (Phi) is 4.25. The van der Waals surface area contributed by atoms with E-state index in [1.165, 1.54) is 0 Å². The normalized spacial score (nSPS) is 23.7. The summed E-state index contributed by atoms with van der Waals surface area (Å²) in [6, 6.07) is 29.9. The van der Waals surface area contributed by atoms with Crippen molar-refractivity contribution < 1.29 is 14.4 Å². The van der Waals surface area contributed by atoms with Gasteiger partial charge in [-0.1, -0.05) is 91.0 Å². The summed E-state index contributed by atoms with van der Waals surface area (Å²) in [5, 5.41) is 3.03. The van der Waals surface area contributed by atoms with Crippen molar-refractivity contribution in [3.8, 4) is 0 Å². The first-order valence-corrected chi connectivity index (χ1v) is 11.9. The molecular weight excluding hydrogens is 436 g/mol. The number of hydrogen-bond donors (Lipinski definition) is 1. The minimum absolute atomic E-state index is 0.0844. The predicted molar refractivity (Wildman–Crippen MR) is 131 cm³/mol. The van der Waals surface area contributed by atoms with Crippen LogP contribution in [0.2, 0.25) is 0 Å². The Bertz CT molecular complexity index is 1440. The second-order valence-corrected chi connectivity index (χ2v) is 9.63. The predicted octanol–water partition coefficient (Wildman–Crippen LogP) is 4.31. The minimum atomic E-state index is -0.504. The number of carbonyl (C=O) groups is 3. The summed E-state index contributed by atoms with van der Waals surface area (Å²) >= 11 is 0. The Balaban J connectivity index is 1.22. The number of nitrogens with one attached hydrogen (secondary N) is 1. The fourth-order valence-electron chi connectivity index (χ4n) is 6.57. The van der Waals surface area contributed by atoms with Crippen molar-refractivity contribution in [1.29, 1.82) is 0 Å². The molecule has 2 atom stereocenters. The Labute approximate surface area is 202 Å². The molecule has 1 fully saturated rings. The highest BCUT2D eigenvalue weighted by atomic mass is 16.2. The van der Waals surface area contributed by atoms with Crippen molar-refractivity contribution >= 4 is 28.5 Å². The molecule has 4 aromatic carbocycles. The second kappa shape index (κ2) is 7.37. The van der Waals surface area contributed by atoms with E-state index in [2.05, 4.69) is 29.7 Å². The van der Waals surface area contributed by atoms with Crippen LogP contribution in [0.4, 0.5) is 0 Å². The van der Waals surface area contributed by atoms with Crippen molar-refractivity contribution in [1.82, 2.24) is 10.4 Å². The Morgan fingerprint density at radius 3 is 1.71 bits per heavy atom. The number of fused-ring (bicyclic) bond motifs is 1. The van der Waals surface area contributed by atoms with Crippen LogP contribution in [-0.4, -0.2) is 22.7 Å². The van der Waals surface area contributed by atoms with Crippen LogP contribution in [0.3, 0.4) is 0 Å². The van der Waals surface area contributed by atoms with Crippen LogP contribution in [-0.2, 0) is 20.8 Å². The first-order chi connectivity index (χ1) is 17.1. The van der Waals surface area contributed by atoms with Gasteiger partial charge in [0.25, 0.3) is 11.8 Å². The number of hydrazine groups is 1. The molecule has 5 heteroatoms. The molecule has 0 saturated carbocycles. The molecule has 2 bridgehead atoms. The first kappa shape index (κ1) is 20.2. The third-order valence-corrected chi connectivity index (χ3v) is 7.92. The van der Waals surface area contributed by atoms with E-state index in [0.29, 0.717) is 0 Å². The maximum absolute atomic E-state index is 13.7. The average molecular weight is 459 g/mol. The van der Waals surface area contributed by atoms with Crippen LogP contribution in [0.1, 0.15) is 39.7 Å². The van der Waals surface area contributed by atoms with E-state index in [4.69, 9.17) is 0 Å². The highest BCUT2D eigenvalue weighted by Gasteiger charge is 2.62. The molecule has 0 aromatic heterocycles. The van der Waals surface area contributed by atoms with Gasteiger partial charge in [0.15, 0.2) is 0 Å². The van der Waals surface area contributed by atoms with Crippen LogP contribution in [0.25, 0.3) is 10.8 Å². The SMILES string of the molecule is O=C(Cc1cccc2ccccc12)NN1C(=O)[C@@H]2C3c4ccccc4C(c4ccccc43)[C@@H]2C1=O. The van der Waals surface area contributed by atoms with E-state index in [1.54, 1.807) is 0 Å². The summed E-state index contributed by atoms with van der Waals surface area (Å²) in [6.07, 6.45) is 0.0844. The molecule has 0 spiro atoms. The van der Waals surface area contributed by atoms with Crippen molar-refractivity contribution in [3.63, 3.8) is 0 Å². The zero-order valence-corrected chi connectivity index (χ0v) is 18.8. The molecule has 1 N–H and O–H groups in total. The highest BCUT2D eigenvalue weighted by molar-refractivity contribution is 6.08. The Morgan fingerprint density at radius 1 is 0.657 bits per heavy atom. The molecule has 4 aromatic rings. The third-order valence-electron chi connectivity index (χ3n) is 7.92. The van der Waals surface area contributed by atoms with E-state index in [0.717, 1.165) is 43.6 Å². The largest absolute Gasteiger partial charge is 0.273 e. The summed E-state index contributed by atoms with van der Waals surface area (Å²) in [4.78, 5) is 40.4. The van der Waals surface area contributed by atoms with Gasteiger partial charge in [-0.05, 0) is 38.6 Å². The molecule has 1 aliphatic heterocycles. The summed E-state index contributed by atoms with van der Waals surface area (Å²) in [5.74, 6) is -2.38. The molecule has 1 saturated heterocycles. The first-order valence-electron chi connectivity index (χ1n) is 11.9. The maximum atomic E-state index is 13.7. The van der Waals surface area contributed by atoms with Gasteiger partial charge in [-0.2, -0.15) is 5.01 Å². The zero-order chi connectivity index (χ0) is 23.7. The third kappa shape index (κ3) is 2.78. The Hall–Kier alpha value is -4.25. The lowest BCUT2D eigenvalue weighted by molar-refractivity contribution is -0.149. The highest BCUT2D eigenvalue weighted by Crippen LogP contribution is 2.60. The standard InChI is InChI=1S/C30H22N2O3/c33-24(16-18-10-7-9-17-8-1-2-11-19(17)18)31-32-29(34)27-25-20-12-3-4-13-21(20)26(28(27)30(32)35)23-15-6-5-14-22(23)25/h1-15,25-28H,16H2,(H,31,33)/t25?,26?,27-,28+. The van der Waals surface area contributed by atoms with Crippen LogP contribution in [0, 0.1) is 11.8 Å². The van der Waals surface area contributed by atoms with E-state index in [9.17, 15) is 14.4 Å². The fourth-order valence-corrected chi connectivity index (χ4v) is 6.57. The van der Waals surface area contributed by atoms with Gasteiger partial charge in [-0.15, -0.1) is 0 Å². The van der Waals surface area contributed by atoms with Crippen molar-refractivity contribution in [2.45, 2.75) is 18.3 Å². The lowest BCUT2D eigenvalue weighted by atomic mass is 9.55. The molecule has 4 aliphatic rings. The summed E-state index contributed by atoms with van der Waals surface area (Å²) < 4.78 is 0. The van der Waals surface area contributed by atoms with Gasteiger partial charge in [0, 0.05) is 11.8 Å². The van der Waals surface area contributed by atoms with Crippen LogP contribution >= 0.6 is 0 Å². The van der Waals surface area contributed by atoms with Gasteiger partial charge in [-0.25, -0.2) is 0 Å². The number of amides is 3. The van der Waals surface area contributed by atoms with Crippen LogP contribution in [0.15, 0.2) is 91.0 Å². The van der Waals surface area contributed by atoms with Gasteiger partial charge in [-0.3, -0.25) is 19.8 Å². The summed E-state index contributed by atoms with van der Waals surface area (Å²) in [5.41, 5.74) is 7.98. The zero-order valence-electron chi connectivity index (χ0n) is 18.8. The van der Waals surface area contributed by atoms with E-state index < -0.39 is 11.8 Å². The summed E-state index contributed by atoms with van der Waals surface area (Å²) in [6.45, 7) is 0. The lowest BCUT2D eigenvalue weighted by Crippen LogP contribution is -2.47. The smallest absolute Gasteiger partial charge is 0.253 e. The number of carbonyl (C=O) groups excluding carboxylic acids is 3. The molecule has 5 nitrogen and oxygen atoms in total. The van der Waals surface area contributed by atoms with Gasteiger partial charge in [0.05, 0.1) is 18.3 Å². The molecule has 8 rings (SSSR count). The molecule has 35 heavy (non-hydrogen) atoms. The van der Waals surface area contributed by atoms with E-state index in [-0.39, 0.29) is 36.0 Å². The molecule has 3 aliphatic carbocycles. The average Bonchev–Trinajstić information content (AvgIpc) is 3.14. The summed E-state index contributed by atoms with van der Waals surface area (Å²) in [7, 11) is 0. The maximum Gasteiger partial charge on any atom is 0.253 e. The van der Waals surface area contributed by atoms with Crippen molar-refractivity contribution in [2.75, 3.05) is 0 Å². The number of benzene rings is 4. The quantitative estimate of drug-likeness (QED) is 0.466. The monoisotopic (exact) mass is 458 g/mol. The number of rotatable bonds is 3.